The van der Waals surface area contributed by atoms with E-state index in [-0.39, 0.29) is 18.2 Å². The fourth-order valence-electron chi connectivity index (χ4n) is 2.43. The van der Waals surface area contributed by atoms with E-state index in [0.29, 0.717) is 15.9 Å². The van der Waals surface area contributed by atoms with Crippen molar-refractivity contribution < 1.29 is 9.59 Å². The van der Waals surface area contributed by atoms with Crippen LogP contribution in [0.5, 0.6) is 0 Å². The number of carbonyl (C=O) groups is 2. The molecule has 1 aromatic carbocycles. The van der Waals surface area contributed by atoms with Crippen molar-refractivity contribution in [3.8, 4) is 0 Å². The predicted octanol–water partition coefficient (Wildman–Crippen LogP) is 3.17. The lowest BCUT2D eigenvalue weighted by molar-refractivity contribution is -0.121. The molecule has 3 rings (SSSR count). The van der Waals surface area contributed by atoms with Crippen LogP contribution >= 0.6 is 23.4 Å². The molecule has 5 nitrogen and oxygen atoms in total. The Labute approximate surface area is 143 Å². The highest BCUT2D eigenvalue weighted by Gasteiger charge is 2.40. The van der Waals surface area contributed by atoms with Crippen molar-refractivity contribution in [1.82, 2.24) is 9.97 Å². The number of nitrogens with zero attached hydrogens (tertiary/aromatic N) is 3. The Morgan fingerprint density at radius 1 is 1.13 bits per heavy atom. The zero-order valence-electron chi connectivity index (χ0n) is 12.6. The van der Waals surface area contributed by atoms with Crippen LogP contribution in [0, 0.1) is 13.8 Å². The number of carbonyl (C=O) groups excluding carboxylic acids is 2. The molecule has 0 spiro atoms. The molecule has 2 aromatic rings. The van der Waals surface area contributed by atoms with E-state index in [2.05, 4.69) is 9.97 Å². The Balaban J connectivity index is 1.82. The second kappa shape index (κ2) is 6.29. The van der Waals surface area contributed by atoms with Gasteiger partial charge in [-0.25, -0.2) is 14.9 Å². The summed E-state index contributed by atoms with van der Waals surface area (Å²) in [6.07, 6.45) is 0.141. The van der Waals surface area contributed by atoms with Crippen LogP contribution in [0.4, 0.5) is 5.69 Å². The molecule has 118 valence electrons. The lowest BCUT2D eigenvalue weighted by atomic mass is 10.3. The van der Waals surface area contributed by atoms with Crippen LogP contribution in [0.25, 0.3) is 0 Å². The van der Waals surface area contributed by atoms with Gasteiger partial charge in [-0.1, -0.05) is 23.4 Å². The van der Waals surface area contributed by atoms with Gasteiger partial charge in [-0.05, 0) is 44.2 Å². The number of aryl methyl sites for hydroxylation is 2. The number of hydrogen-bond acceptors (Lipinski definition) is 5. The van der Waals surface area contributed by atoms with Crippen molar-refractivity contribution in [2.75, 3.05) is 4.90 Å². The van der Waals surface area contributed by atoms with Crippen LogP contribution in [-0.4, -0.2) is 27.0 Å². The first-order valence-corrected chi connectivity index (χ1v) is 8.31. The van der Waals surface area contributed by atoms with Gasteiger partial charge in [0, 0.05) is 22.8 Å². The Morgan fingerprint density at radius 3 is 2.35 bits per heavy atom. The molecule has 0 N–H and O–H groups in total. The summed E-state index contributed by atoms with van der Waals surface area (Å²) in [6, 6.07) is 8.51. The number of halogens is 1. The van der Waals surface area contributed by atoms with Crippen LogP contribution in [0.3, 0.4) is 0 Å². The second-order valence-electron chi connectivity index (χ2n) is 5.29. The van der Waals surface area contributed by atoms with Crippen molar-refractivity contribution in [3.63, 3.8) is 0 Å². The molecule has 0 bridgehead atoms. The van der Waals surface area contributed by atoms with E-state index < -0.39 is 5.25 Å². The van der Waals surface area contributed by atoms with Gasteiger partial charge in [0.1, 0.15) is 5.25 Å². The largest absolute Gasteiger partial charge is 0.274 e. The van der Waals surface area contributed by atoms with Crippen LogP contribution in [-0.2, 0) is 9.59 Å². The molecule has 0 saturated carbocycles. The van der Waals surface area contributed by atoms with Crippen molar-refractivity contribution in [2.45, 2.75) is 30.7 Å². The van der Waals surface area contributed by atoms with E-state index in [1.165, 1.54) is 16.7 Å². The highest BCUT2D eigenvalue weighted by atomic mass is 35.5. The summed E-state index contributed by atoms with van der Waals surface area (Å²) in [6.45, 7) is 3.75. The lowest BCUT2D eigenvalue weighted by Gasteiger charge is -2.14. The molecule has 23 heavy (non-hydrogen) atoms. The standard InChI is InChI=1S/C16H14ClN3O2S/c1-9-7-10(2)19-16(18-9)23-13-8-14(21)20(15(13)22)12-5-3-11(17)4-6-12/h3-7,13H,8H2,1-2H3/t13-/m1/s1. The smallest absolute Gasteiger partial charge is 0.247 e. The van der Waals surface area contributed by atoms with E-state index in [4.69, 9.17) is 11.6 Å². The van der Waals surface area contributed by atoms with E-state index in [0.717, 1.165) is 11.4 Å². The zero-order valence-corrected chi connectivity index (χ0v) is 14.2. The molecule has 1 aliphatic rings. The number of benzene rings is 1. The fourth-order valence-corrected chi connectivity index (χ4v) is 3.64. The van der Waals surface area contributed by atoms with Gasteiger partial charge in [0.2, 0.25) is 11.8 Å². The first-order chi connectivity index (χ1) is 10.9. The van der Waals surface area contributed by atoms with Gasteiger partial charge in [-0.15, -0.1) is 0 Å². The number of hydrogen-bond donors (Lipinski definition) is 0. The summed E-state index contributed by atoms with van der Waals surface area (Å²) in [5, 5.41) is 0.577. The quantitative estimate of drug-likeness (QED) is 0.630. The summed E-state index contributed by atoms with van der Waals surface area (Å²) in [4.78, 5) is 34.6. The van der Waals surface area contributed by atoms with Gasteiger partial charge in [0.25, 0.3) is 0 Å². The predicted molar refractivity (Wildman–Crippen MR) is 89.7 cm³/mol. The van der Waals surface area contributed by atoms with E-state index >= 15 is 0 Å². The maximum absolute atomic E-state index is 12.6. The number of amides is 2. The molecule has 1 aromatic heterocycles. The zero-order chi connectivity index (χ0) is 16.6. The molecule has 2 amide bonds. The molecule has 0 unspecified atom stereocenters. The molecule has 1 aliphatic heterocycles. The minimum absolute atomic E-state index is 0.141. The molecule has 2 heterocycles. The van der Waals surface area contributed by atoms with Crippen molar-refractivity contribution in [1.29, 1.82) is 0 Å². The third-order valence-electron chi connectivity index (χ3n) is 3.40. The number of imide groups is 1. The molecular formula is C16H14ClN3O2S. The Kier molecular flexibility index (Phi) is 4.37. The minimum Gasteiger partial charge on any atom is -0.274 e. The lowest BCUT2D eigenvalue weighted by Crippen LogP contribution is -2.31. The Morgan fingerprint density at radius 2 is 1.74 bits per heavy atom. The third kappa shape index (κ3) is 3.38. The SMILES string of the molecule is Cc1cc(C)nc(S[C@@H]2CC(=O)N(c3ccc(Cl)cc3)C2=O)n1. The number of rotatable bonds is 3. The Hall–Kier alpha value is -1.92. The average molecular weight is 348 g/mol. The minimum atomic E-state index is -0.501. The summed E-state index contributed by atoms with van der Waals surface area (Å²) in [5.74, 6) is -0.468. The summed E-state index contributed by atoms with van der Waals surface area (Å²) in [5.41, 5.74) is 2.21. The molecule has 1 atom stereocenters. The molecule has 0 radical (unpaired) electrons. The van der Waals surface area contributed by atoms with Gasteiger partial charge in [0.15, 0.2) is 5.16 Å². The van der Waals surface area contributed by atoms with Gasteiger partial charge < -0.3 is 0 Å². The molecule has 0 aliphatic carbocycles. The van der Waals surface area contributed by atoms with E-state index in [1.54, 1.807) is 24.3 Å². The number of aromatic nitrogens is 2. The van der Waals surface area contributed by atoms with Crippen LogP contribution in [0.2, 0.25) is 5.02 Å². The first kappa shape index (κ1) is 16.0. The number of anilines is 1. The first-order valence-electron chi connectivity index (χ1n) is 7.05. The summed E-state index contributed by atoms with van der Waals surface area (Å²) < 4.78 is 0. The van der Waals surface area contributed by atoms with Crippen molar-refractivity contribution in [3.05, 3.63) is 46.7 Å². The fraction of sp³-hybridized carbons (Fsp3) is 0.250. The summed E-state index contributed by atoms with van der Waals surface area (Å²) >= 11 is 7.08. The normalized spacial score (nSPS) is 17.9. The Bertz CT molecular complexity index is 759. The van der Waals surface area contributed by atoms with Crippen LogP contribution < -0.4 is 4.90 Å². The van der Waals surface area contributed by atoms with Crippen LogP contribution in [0.15, 0.2) is 35.5 Å². The molecule has 1 fully saturated rings. The maximum Gasteiger partial charge on any atom is 0.247 e. The number of thioether (sulfide) groups is 1. The van der Waals surface area contributed by atoms with Crippen LogP contribution in [0.1, 0.15) is 17.8 Å². The summed E-state index contributed by atoms with van der Waals surface area (Å²) in [7, 11) is 0. The third-order valence-corrected chi connectivity index (χ3v) is 4.70. The highest BCUT2D eigenvalue weighted by Crippen LogP contribution is 2.33. The van der Waals surface area contributed by atoms with E-state index in [9.17, 15) is 9.59 Å². The van der Waals surface area contributed by atoms with Gasteiger partial charge in [-0.3, -0.25) is 9.59 Å². The van der Waals surface area contributed by atoms with Gasteiger partial charge in [0.05, 0.1) is 5.69 Å². The van der Waals surface area contributed by atoms with Gasteiger partial charge >= 0.3 is 0 Å². The molecule has 7 heteroatoms. The topological polar surface area (TPSA) is 63.2 Å². The molecule has 1 saturated heterocycles. The van der Waals surface area contributed by atoms with E-state index in [1.807, 2.05) is 19.9 Å². The maximum atomic E-state index is 12.6. The monoisotopic (exact) mass is 347 g/mol. The van der Waals surface area contributed by atoms with Crippen molar-refractivity contribution in [2.24, 2.45) is 0 Å². The average Bonchev–Trinajstić information content (AvgIpc) is 2.74. The highest BCUT2D eigenvalue weighted by molar-refractivity contribution is 8.00. The van der Waals surface area contributed by atoms with Crippen molar-refractivity contribution >= 4 is 40.9 Å². The van der Waals surface area contributed by atoms with Gasteiger partial charge in [-0.2, -0.15) is 0 Å². The molecular weight excluding hydrogens is 334 g/mol. The second-order valence-corrected chi connectivity index (χ2v) is 6.89.